The molecular formula is C50H31N5S. The third kappa shape index (κ3) is 5.46. The van der Waals surface area contributed by atoms with E-state index in [9.17, 15) is 0 Å². The minimum absolute atomic E-state index is 0.646. The van der Waals surface area contributed by atoms with E-state index in [1.165, 1.54) is 21.0 Å². The maximum atomic E-state index is 5.05. The minimum Gasteiger partial charge on any atom is -0.309 e. The Bertz CT molecular complexity index is 3150. The average Bonchev–Trinajstić information content (AvgIpc) is 3.86. The van der Waals surface area contributed by atoms with Gasteiger partial charge in [-0.15, -0.1) is 11.3 Å². The Hall–Kier alpha value is -7.28. The summed E-state index contributed by atoms with van der Waals surface area (Å²) in [5, 5.41) is 5.70. The number of para-hydroxylation sites is 2. The van der Waals surface area contributed by atoms with E-state index in [-0.39, 0.29) is 0 Å². The molecule has 0 aliphatic rings. The first-order valence-corrected chi connectivity index (χ1v) is 19.5. The van der Waals surface area contributed by atoms with Crippen molar-refractivity contribution in [2.45, 2.75) is 0 Å². The molecule has 0 aliphatic heterocycles. The van der Waals surface area contributed by atoms with Gasteiger partial charge in [0.1, 0.15) is 5.01 Å². The highest BCUT2D eigenvalue weighted by atomic mass is 32.1. The molecule has 11 rings (SSSR count). The van der Waals surface area contributed by atoms with Crippen LogP contribution in [0.2, 0.25) is 0 Å². The van der Waals surface area contributed by atoms with E-state index in [4.69, 9.17) is 19.9 Å². The van der Waals surface area contributed by atoms with Gasteiger partial charge in [0, 0.05) is 38.7 Å². The van der Waals surface area contributed by atoms with E-state index in [0.29, 0.717) is 17.5 Å². The van der Waals surface area contributed by atoms with Crippen molar-refractivity contribution in [1.29, 1.82) is 0 Å². The van der Waals surface area contributed by atoms with Crippen molar-refractivity contribution in [3.8, 4) is 61.5 Å². The molecule has 0 amide bonds. The maximum absolute atomic E-state index is 5.05. The zero-order valence-electron chi connectivity index (χ0n) is 30.0. The van der Waals surface area contributed by atoms with Crippen LogP contribution in [0.4, 0.5) is 0 Å². The van der Waals surface area contributed by atoms with Gasteiger partial charge in [-0.2, -0.15) is 0 Å². The molecule has 0 spiro atoms. The molecule has 0 bridgehead atoms. The van der Waals surface area contributed by atoms with E-state index >= 15 is 0 Å². The highest BCUT2D eigenvalue weighted by Gasteiger charge is 2.18. The fourth-order valence-corrected chi connectivity index (χ4v) is 8.80. The summed E-state index contributed by atoms with van der Waals surface area (Å²) in [7, 11) is 0. The first-order chi connectivity index (χ1) is 27.7. The van der Waals surface area contributed by atoms with E-state index in [1.807, 2.05) is 66.7 Å². The Labute approximate surface area is 326 Å². The zero-order chi connectivity index (χ0) is 37.0. The molecule has 0 aliphatic carbocycles. The van der Waals surface area contributed by atoms with Gasteiger partial charge >= 0.3 is 0 Å². The Morgan fingerprint density at radius 2 is 0.911 bits per heavy atom. The van der Waals surface area contributed by atoms with Gasteiger partial charge in [0.25, 0.3) is 0 Å². The monoisotopic (exact) mass is 733 g/mol. The molecule has 11 aromatic rings. The van der Waals surface area contributed by atoms with Gasteiger partial charge < -0.3 is 4.57 Å². The van der Waals surface area contributed by atoms with Crippen molar-refractivity contribution in [1.82, 2.24) is 24.5 Å². The molecule has 262 valence electrons. The van der Waals surface area contributed by atoms with Crippen LogP contribution in [-0.4, -0.2) is 24.5 Å². The molecule has 0 unspecified atom stereocenters. The number of hydrogen-bond acceptors (Lipinski definition) is 5. The molecule has 0 saturated heterocycles. The van der Waals surface area contributed by atoms with Gasteiger partial charge in [-0.3, -0.25) is 0 Å². The van der Waals surface area contributed by atoms with Crippen molar-refractivity contribution in [3.63, 3.8) is 0 Å². The maximum Gasteiger partial charge on any atom is 0.164 e. The fourth-order valence-electron chi connectivity index (χ4n) is 7.84. The van der Waals surface area contributed by atoms with Crippen molar-refractivity contribution in [2.75, 3.05) is 0 Å². The normalized spacial score (nSPS) is 11.6. The van der Waals surface area contributed by atoms with Crippen molar-refractivity contribution >= 4 is 54.1 Å². The average molecular weight is 734 g/mol. The minimum atomic E-state index is 0.646. The largest absolute Gasteiger partial charge is 0.309 e. The number of nitrogens with zero attached hydrogens (tertiary/aromatic N) is 5. The van der Waals surface area contributed by atoms with Gasteiger partial charge in [0.15, 0.2) is 17.5 Å². The number of rotatable bonds is 6. The van der Waals surface area contributed by atoms with Crippen LogP contribution in [0.5, 0.6) is 0 Å². The lowest BCUT2D eigenvalue weighted by Gasteiger charge is -2.14. The van der Waals surface area contributed by atoms with Crippen LogP contribution in [0.25, 0.3) is 104 Å². The first-order valence-electron chi connectivity index (χ1n) is 18.6. The predicted octanol–water partition coefficient (Wildman–Crippen LogP) is 13.1. The van der Waals surface area contributed by atoms with Crippen LogP contribution >= 0.6 is 11.3 Å². The van der Waals surface area contributed by atoms with Crippen molar-refractivity contribution in [3.05, 3.63) is 188 Å². The fraction of sp³-hybridized carbons (Fsp3) is 0. The van der Waals surface area contributed by atoms with E-state index < -0.39 is 0 Å². The molecule has 56 heavy (non-hydrogen) atoms. The third-order valence-electron chi connectivity index (χ3n) is 10.5. The summed E-state index contributed by atoms with van der Waals surface area (Å²) in [6.45, 7) is 0. The van der Waals surface area contributed by atoms with Crippen molar-refractivity contribution < 1.29 is 0 Å². The molecule has 0 saturated carbocycles. The lowest BCUT2D eigenvalue weighted by atomic mass is 9.94. The van der Waals surface area contributed by atoms with Gasteiger partial charge in [0.05, 0.1) is 21.3 Å². The highest BCUT2D eigenvalue weighted by molar-refractivity contribution is 7.21. The van der Waals surface area contributed by atoms with Crippen LogP contribution in [0.1, 0.15) is 0 Å². The molecule has 3 heterocycles. The van der Waals surface area contributed by atoms with Gasteiger partial charge in [0.2, 0.25) is 0 Å². The number of benzene rings is 8. The van der Waals surface area contributed by atoms with Gasteiger partial charge in [-0.25, -0.2) is 19.9 Å². The Balaban J connectivity index is 1.02. The predicted molar refractivity (Wildman–Crippen MR) is 232 cm³/mol. The SMILES string of the molecule is c1ccc(-c2nc(-c3ccccc3)nc(-c3ccc(-c4ccc(-n5c6ccccc6c6ccc(-c7nc8ccccc8s7)cc65)cc4)c4ccccc34)n2)cc1. The summed E-state index contributed by atoms with van der Waals surface area (Å²) in [6, 6.07) is 65.8. The smallest absolute Gasteiger partial charge is 0.164 e. The quantitative estimate of drug-likeness (QED) is 0.171. The molecule has 6 heteroatoms. The molecule has 3 aromatic heterocycles. The van der Waals surface area contributed by atoms with Gasteiger partial charge in [-0.1, -0.05) is 146 Å². The highest BCUT2D eigenvalue weighted by Crippen LogP contribution is 2.39. The van der Waals surface area contributed by atoms with Crippen LogP contribution in [0.3, 0.4) is 0 Å². The molecule has 0 fully saturated rings. The summed E-state index contributed by atoms with van der Waals surface area (Å²) in [6.07, 6.45) is 0. The number of thiazole rings is 1. The number of hydrogen-bond donors (Lipinski definition) is 0. The summed E-state index contributed by atoms with van der Waals surface area (Å²) >= 11 is 1.74. The molecular weight excluding hydrogens is 703 g/mol. The van der Waals surface area contributed by atoms with Crippen LogP contribution in [-0.2, 0) is 0 Å². The first kappa shape index (κ1) is 32.2. The molecule has 5 nitrogen and oxygen atoms in total. The lowest BCUT2D eigenvalue weighted by molar-refractivity contribution is 1.08. The summed E-state index contributed by atoms with van der Waals surface area (Å²) in [5.74, 6) is 1.94. The topological polar surface area (TPSA) is 56.5 Å². The second kappa shape index (κ2) is 13.2. The van der Waals surface area contributed by atoms with Crippen molar-refractivity contribution in [2.24, 2.45) is 0 Å². The van der Waals surface area contributed by atoms with E-state index in [0.717, 1.165) is 65.9 Å². The van der Waals surface area contributed by atoms with Gasteiger partial charge in [-0.05, 0) is 64.4 Å². The number of fused-ring (bicyclic) bond motifs is 5. The van der Waals surface area contributed by atoms with Crippen LogP contribution in [0, 0.1) is 0 Å². The summed E-state index contributed by atoms with van der Waals surface area (Å²) in [4.78, 5) is 20.0. The third-order valence-corrected chi connectivity index (χ3v) is 11.6. The number of aromatic nitrogens is 5. The summed E-state index contributed by atoms with van der Waals surface area (Å²) in [5.41, 5.74) is 10.7. The summed E-state index contributed by atoms with van der Waals surface area (Å²) < 4.78 is 3.57. The molecule has 0 radical (unpaired) electrons. The lowest BCUT2D eigenvalue weighted by Crippen LogP contribution is -2.00. The second-order valence-corrected chi connectivity index (χ2v) is 14.9. The molecule has 8 aromatic carbocycles. The second-order valence-electron chi connectivity index (χ2n) is 13.9. The van der Waals surface area contributed by atoms with E-state index in [2.05, 4.69) is 126 Å². The van der Waals surface area contributed by atoms with Crippen LogP contribution < -0.4 is 0 Å². The molecule has 0 N–H and O–H groups in total. The standard InChI is InChI=1S/C50H31N5S/c1-3-13-33(14-4-1)47-52-48(34-15-5-2-6-16-34)54-49(53-47)42-30-29-37(38-17-7-8-18-39(38)42)32-23-26-36(27-24-32)55-44-21-11-9-19-40(44)41-28-25-35(31-45(41)55)50-51-43-20-10-12-22-46(43)56-50/h1-31H. The van der Waals surface area contributed by atoms with E-state index in [1.54, 1.807) is 11.3 Å². The Morgan fingerprint density at radius 1 is 0.357 bits per heavy atom. The molecule has 0 atom stereocenters. The Morgan fingerprint density at radius 3 is 1.62 bits per heavy atom. The van der Waals surface area contributed by atoms with Crippen LogP contribution in [0.15, 0.2) is 188 Å². The zero-order valence-corrected chi connectivity index (χ0v) is 30.9. The Kier molecular flexibility index (Phi) is 7.60.